The predicted molar refractivity (Wildman–Crippen MR) is 98.5 cm³/mol. The summed E-state index contributed by atoms with van der Waals surface area (Å²) in [5.74, 6) is -0.857. The number of nitrogens with one attached hydrogen (secondary N) is 1. The first-order chi connectivity index (χ1) is 13.0. The van der Waals surface area contributed by atoms with Crippen molar-refractivity contribution in [2.24, 2.45) is 5.73 Å². The van der Waals surface area contributed by atoms with E-state index in [0.717, 1.165) is 24.1 Å². The Kier molecular flexibility index (Phi) is 6.20. The maximum Gasteiger partial charge on any atom is 0.255 e. The second kappa shape index (κ2) is 8.60. The topological polar surface area (TPSA) is 116 Å². The Bertz CT molecular complexity index is 736. The van der Waals surface area contributed by atoms with Crippen LogP contribution in [0.25, 0.3) is 0 Å². The molecule has 1 atom stereocenters. The smallest absolute Gasteiger partial charge is 0.255 e. The fourth-order valence-corrected chi connectivity index (χ4v) is 3.68. The standard InChI is InChI=1S/C19H26N4O4/c20-6-1-7-22(8-9-24)11-13-2-3-14-12-23(19(27)15(14)10-13)16-4-5-17(25)21-18(16)26/h2-3,10,16,24H,1,4-9,11-12,20H2,(H,21,25,26). The number of hydrogen-bond donors (Lipinski definition) is 3. The summed E-state index contributed by atoms with van der Waals surface area (Å²) in [6.07, 6.45) is 1.45. The quantitative estimate of drug-likeness (QED) is 0.533. The summed E-state index contributed by atoms with van der Waals surface area (Å²) in [6.45, 7) is 2.99. The first kappa shape index (κ1) is 19.5. The van der Waals surface area contributed by atoms with Crippen LogP contribution in [0.4, 0.5) is 0 Å². The third-order valence-corrected chi connectivity index (χ3v) is 5.09. The number of nitrogens with two attached hydrogens (primary N) is 1. The molecule has 1 aromatic rings. The molecule has 0 bridgehead atoms. The van der Waals surface area contributed by atoms with E-state index in [1.54, 1.807) is 4.90 Å². The van der Waals surface area contributed by atoms with Crippen molar-refractivity contribution >= 4 is 17.7 Å². The second-order valence-electron chi connectivity index (χ2n) is 7.03. The lowest BCUT2D eigenvalue weighted by Crippen LogP contribution is -2.52. The Morgan fingerprint density at radius 3 is 2.78 bits per heavy atom. The Balaban J connectivity index is 1.72. The minimum atomic E-state index is -0.596. The molecule has 0 aliphatic carbocycles. The van der Waals surface area contributed by atoms with Crippen LogP contribution in [0.1, 0.15) is 40.7 Å². The van der Waals surface area contributed by atoms with Crippen molar-refractivity contribution < 1.29 is 19.5 Å². The highest BCUT2D eigenvalue weighted by molar-refractivity contribution is 6.05. The molecule has 3 amide bonds. The number of nitrogens with zero attached hydrogens (tertiary/aromatic N) is 2. The summed E-state index contributed by atoms with van der Waals surface area (Å²) >= 11 is 0. The van der Waals surface area contributed by atoms with Crippen LogP contribution in [0, 0.1) is 0 Å². The van der Waals surface area contributed by atoms with Crippen LogP contribution in [0.15, 0.2) is 18.2 Å². The van der Waals surface area contributed by atoms with Gasteiger partial charge in [0.15, 0.2) is 0 Å². The van der Waals surface area contributed by atoms with Crippen LogP contribution >= 0.6 is 0 Å². The van der Waals surface area contributed by atoms with Crippen LogP contribution in [-0.2, 0) is 22.7 Å². The molecule has 146 valence electrons. The van der Waals surface area contributed by atoms with E-state index in [1.165, 1.54) is 0 Å². The van der Waals surface area contributed by atoms with Crippen molar-refractivity contribution in [3.63, 3.8) is 0 Å². The minimum Gasteiger partial charge on any atom is -0.395 e. The Labute approximate surface area is 158 Å². The van der Waals surface area contributed by atoms with E-state index >= 15 is 0 Å². The van der Waals surface area contributed by atoms with Crippen molar-refractivity contribution in [1.29, 1.82) is 0 Å². The van der Waals surface area contributed by atoms with Crippen molar-refractivity contribution in [2.45, 2.75) is 38.4 Å². The first-order valence-corrected chi connectivity index (χ1v) is 9.33. The molecule has 0 radical (unpaired) electrons. The van der Waals surface area contributed by atoms with Gasteiger partial charge in [0.05, 0.1) is 6.61 Å². The Morgan fingerprint density at radius 2 is 2.07 bits per heavy atom. The van der Waals surface area contributed by atoms with E-state index in [-0.39, 0.29) is 24.8 Å². The molecule has 0 aromatic heterocycles. The summed E-state index contributed by atoms with van der Waals surface area (Å²) in [7, 11) is 0. The number of fused-ring (bicyclic) bond motifs is 1. The second-order valence-corrected chi connectivity index (χ2v) is 7.03. The van der Waals surface area contributed by atoms with Crippen molar-refractivity contribution in [3.8, 4) is 0 Å². The first-order valence-electron chi connectivity index (χ1n) is 9.33. The average molecular weight is 374 g/mol. The largest absolute Gasteiger partial charge is 0.395 e. The highest BCUT2D eigenvalue weighted by Gasteiger charge is 2.39. The molecular weight excluding hydrogens is 348 g/mol. The number of carbonyl (C=O) groups excluding carboxylic acids is 3. The van der Waals surface area contributed by atoms with Gasteiger partial charge in [0.2, 0.25) is 11.8 Å². The minimum absolute atomic E-state index is 0.0672. The number of aliphatic hydroxyl groups is 1. The summed E-state index contributed by atoms with van der Waals surface area (Å²) < 4.78 is 0. The van der Waals surface area contributed by atoms with E-state index in [2.05, 4.69) is 10.2 Å². The number of rotatable bonds is 8. The van der Waals surface area contributed by atoms with Gasteiger partial charge in [0.1, 0.15) is 6.04 Å². The molecule has 1 aromatic carbocycles. The van der Waals surface area contributed by atoms with Gasteiger partial charge in [0.25, 0.3) is 5.91 Å². The molecule has 0 saturated carbocycles. The monoisotopic (exact) mass is 374 g/mol. The normalized spacial score (nSPS) is 19.6. The van der Waals surface area contributed by atoms with Gasteiger partial charge in [0, 0.05) is 31.6 Å². The lowest BCUT2D eigenvalue weighted by molar-refractivity contribution is -0.136. The Hall–Kier alpha value is -2.29. The number of imide groups is 1. The third-order valence-electron chi connectivity index (χ3n) is 5.09. The molecule has 2 aliphatic rings. The predicted octanol–water partition coefficient (Wildman–Crippen LogP) is -0.409. The average Bonchev–Trinajstić information content (AvgIpc) is 2.96. The molecule has 0 spiro atoms. The van der Waals surface area contributed by atoms with Crippen LogP contribution < -0.4 is 11.1 Å². The molecular formula is C19H26N4O4. The van der Waals surface area contributed by atoms with Gasteiger partial charge < -0.3 is 15.7 Å². The van der Waals surface area contributed by atoms with E-state index < -0.39 is 11.9 Å². The van der Waals surface area contributed by atoms with Gasteiger partial charge in [-0.1, -0.05) is 12.1 Å². The molecule has 1 fully saturated rings. The zero-order chi connectivity index (χ0) is 19.4. The van der Waals surface area contributed by atoms with Crippen LogP contribution in [0.2, 0.25) is 0 Å². The summed E-state index contributed by atoms with van der Waals surface area (Å²) in [5.41, 5.74) is 8.06. The van der Waals surface area contributed by atoms with Gasteiger partial charge in [-0.3, -0.25) is 24.6 Å². The number of piperidine rings is 1. The van der Waals surface area contributed by atoms with Crippen LogP contribution in [0.5, 0.6) is 0 Å². The summed E-state index contributed by atoms with van der Waals surface area (Å²) in [4.78, 5) is 40.0. The van der Waals surface area contributed by atoms with Gasteiger partial charge in [-0.25, -0.2) is 0 Å². The third kappa shape index (κ3) is 4.35. The maximum absolute atomic E-state index is 12.8. The number of amides is 3. The number of benzene rings is 1. The SMILES string of the molecule is NCCCN(CCO)Cc1ccc2c(c1)C(=O)N(C1CCC(=O)NC1=O)C2. The molecule has 8 nitrogen and oxygen atoms in total. The van der Waals surface area contributed by atoms with Crippen LogP contribution in [-0.4, -0.2) is 64.9 Å². The van der Waals surface area contributed by atoms with E-state index in [9.17, 15) is 19.5 Å². The maximum atomic E-state index is 12.8. The summed E-state index contributed by atoms with van der Waals surface area (Å²) in [6, 6.07) is 5.18. The van der Waals surface area contributed by atoms with Crippen molar-refractivity contribution in [2.75, 3.05) is 26.2 Å². The van der Waals surface area contributed by atoms with Crippen LogP contribution in [0.3, 0.4) is 0 Å². The number of hydrogen-bond acceptors (Lipinski definition) is 6. The molecule has 3 rings (SSSR count). The molecule has 8 heteroatoms. The highest BCUT2D eigenvalue weighted by Crippen LogP contribution is 2.28. The molecule has 2 heterocycles. The molecule has 1 saturated heterocycles. The van der Waals surface area contributed by atoms with Gasteiger partial charge in [-0.05, 0) is 43.1 Å². The highest BCUT2D eigenvalue weighted by atomic mass is 16.3. The molecule has 1 unspecified atom stereocenters. The fraction of sp³-hybridized carbons (Fsp3) is 0.526. The molecule has 4 N–H and O–H groups in total. The van der Waals surface area contributed by atoms with E-state index in [1.807, 2.05) is 18.2 Å². The number of aliphatic hydroxyl groups excluding tert-OH is 1. The lowest BCUT2D eigenvalue weighted by Gasteiger charge is -2.29. The van der Waals surface area contributed by atoms with E-state index in [4.69, 9.17) is 5.73 Å². The molecule has 27 heavy (non-hydrogen) atoms. The number of carbonyl (C=O) groups is 3. The summed E-state index contributed by atoms with van der Waals surface area (Å²) in [5, 5.41) is 11.6. The van der Waals surface area contributed by atoms with Gasteiger partial charge >= 0.3 is 0 Å². The van der Waals surface area contributed by atoms with Crippen molar-refractivity contribution in [3.05, 3.63) is 34.9 Å². The van der Waals surface area contributed by atoms with Crippen molar-refractivity contribution in [1.82, 2.24) is 15.1 Å². The lowest BCUT2D eigenvalue weighted by atomic mass is 10.0. The van der Waals surface area contributed by atoms with E-state index in [0.29, 0.717) is 38.2 Å². The zero-order valence-corrected chi connectivity index (χ0v) is 15.3. The molecule has 2 aliphatic heterocycles. The van der Waals surface area contributed by atoms with Gasteiger partial charge in [-0.15, -0.1) is 0 Å². The van der Waals surface area contributed by atoms with Gasteiger partial charge in [-0.2, -0.15) is 0 Å². The zero-order valence-electron chi connectivity index (χ0n) is 15.3. The fourth-order valence-electron chi connectivity index (χ4n) is 3.68. The Morgan fingerprint density at radius 1 is 1.26 bits per heavy atom.